The highest BCUT2D eigenvalue weighted by Crippen LogP contribution is 2.34. The summed E-state index contributed by atoms with van der Waals surface area (Å²) < 4.78 is 16.9. The van der Waals surface area contributed by atoms with Gasteiger partial charge in [-0.25, -0.2) is 9.97 Å². The van der Waals surface area contributed by atoms with Gasteiger partial charge in [0, 0.05) is 37.2 Å². The molecule has 0 aliphatic carbocycles. The first-order valence-corrected chi connectivity index (χ1v) is 10.9. The number of nitro groups is 1. The summed E-state index contributed by atoms with van der Waals surface area (Å²) in [5.41, 5.74) is 3.86. The van der Waals surface area contributed by atoms with Crippen molar-refractivity contribution in [2.75, 3.05) is 52.0 Å². The largest absolute Gasteiger partial charge is 0.493 e. The van der Waals surface area contributed by atoms with Crippen molar-refractivity contribution in [2.45, 2.75) is 6.42 Å². The normalized spacial score (nSPS) is 14.4. The number of hydrogen-bond acceptors (Lipinski definition) is 10. The number of nitrogens with zero attached hydrogens (tertiary/aromatic N) is 5. The van der Waals surface area contributed by atoms with Crippen LogP contribution in [-0.4, -0.2) is 72.6 Å². The molecule has 1 saturated heterocycles. The fourth-order valence-electron chi connectivity index (χ4n) is 3.65. The number of ether oxygens (including phenoxy) is 3. The molecule has 0 saturated carbocycles. The van der Waals surface area contributed by atoms with E-state index in [1.54, 1.807) is 31.4 Å². The van der Waals surface area contributed by atoms with Crippen LogP contribution in [0.2, 0.25) is 0 Å². The first-order chi connectivity index (χ1) is 16.7. The molecule has 34 heavy (non-hydrogen) atoms. The summed E-state index contributed by atoms with van der Waals surface area (Å²) in [5.74, 6) is 1.60. The molecule has 11 heteroatoms. The van der Waals surface area contributed by atoms with E-state index in [4.69, 9.17) is 14.2 Å². The number of anilines is 1. The molecule has 1 fully saturated rings. The van der Waals surface area contributed by atoms with Gasteiger partial charge in [-0.3, -0.25) is 20.4 Å². The minimum Gasteiger partial charge on any atom is -0.493 e. The van der Waals surface area contributed by atoms with Gasteiger partial charge in [0.25, 0.3) is 5.69 Å². The maximum atomic E-state index is 11.2. The van der Waals surface area contributed by atoms with Crippen LogP contribution in [-0.2, 0) is 4.74 Å². The van der Waals surface area contributed by atoms with Gasteiger partial charge in [0.1, 0.15) is 6.33 Å². The zero-order chi connectivity index (χ0) is 23.8. The van der Waals surface area contributed by atoms with E-state index in [1.165, 1.54) is 18.6 Å². The molecule has 1 aliphatic rings. The summed E-state index contributed by atoms with van der Waals surface area (Å²) in [5, 5.41) is 16.0. The van der Waals surface area contributed by atoms with Crippen LogP contribution >= 0.6 is 0 Å². The third-order valence-electron chi connectivity index (χ3n) is 5.41. The lowest BCUT2D eigenvalue weighted by molar-refractivity contribution is -0.385. The van der Waals surface area contributed by atoms with Gasteiger partial charge < -0.3 is 14.2 Å². The van der Waals surface area contributed by atoms with Gasteiger partial charge in [-0.2, -0.15) is 5.10 Å². The topological polar surface area (TPSA) is 124 Å². The Morgan fingerprint density at radius 2 is 2.06 bits per heavy atom. The van der Waals surface area contributed by atoms with Crippen molar-refractivity contribution in [1.82, 2.24) is 14.9 Å². The quantitative estimate of drug-likeness (QED) is 0.208. The van der Waals surface area contributed by atoms with Crippen LogP contribution in [0.4, 0.5) is 11.5 Å². The molecule has 2 aromatic carbocycles. The molecule has 1 N–H and O–H groups in total. The SMILES string of the molecule is COc1cc2ncnc(N/N=C/c3ccccc3[N+](=O)[O-])c2cc1OCCCN1CCOCC1. The van der Waals surface area contributed by atoms with Crippen LogP contribution < -0.4 is 14.9 Å². The molecule has 4 rings (SSSR count). The molecule has 178 valence electrons. The number of hydrazone groups is 1. The number of methoxy groups -OCH3 is 1. The number of nitrogens with one attached hydrogen (secondary N) is 1. The van der Waals surface area contributed by atoms with Crippen LogP contribution in [0.25, 0.3) is 10.9 Å². The third-order valence-corrected chi connectivity index (χ3v) is 5.41. The van der Waals surface area contributed by atoms with Crippen molar-refractivity contribution in [1.29, 1.82) is 0 Å². The molecule has 2 heterocycles. The summed E-state index contributed by atoms with van der Waals surface area (Å²) in [6, 6.07) is 9.96. The highest BCUT2D eigenvalue weighted by Gasteiger charge is 2.14. The van der Waals surface area contributed by atoms with Crippen molar-refractivity contribution in [3.63, 3.8) is 0 Å². The highest BCUT2D eigenvalue weighted by molar-refractivity contribution is 5.92. The average molecular weight is 466 g/mol. The van der Waals surface area contributed by atoms with Gasteiger partial charge in [-0.1, -0.05) is 12.1 Å². The van der Waals surface area contributed by atoms with E-state index < -0.39 is 4.92 Å². The fourth-order valence-corrected chi connectivity index (χ4v) is 3.65. The summed E-state index contributed by atoms with van der Waals surface area (Å²) in [4.78, 5) is 21.7. The summed E-state index contributed by atoms with van der Waals surface area (Å²) in [6.45, 7) is 4.90. The molecule has 1 aliphatic heterocycles. The van der Waals surface area contributed by atoms with Crippen LogP contribution in [0.15, 0.2) is 47.8 Å². The minimum absolute atomic E-state index is 0.0295. The maximum Gasteiger partial charge on any atom is 0.278 e. The van der Waals surface area contributed by atoms with E-state index in [2.05, 4.69) is 25.4 Å². The standard InChI is InChI=1S/C23H26N6O5/c1-32-21-14-19-18(13-22(21)34-10-4-7-28-8-11-33-12-9-28)23(25-16-24-19)27-26-15-17-5-2-3-6-20(17)29(30)31/h2-3,5-6,13-16H,4,7-12H2,1H3,(H,24,25,27)/b26-15+. The van der Waals surface area contributed by atoms with Crippen LogP contribution in [0.1, 0.15) is 12.0 Å². The second-order valence-electron chi connectivity index (χ2n) is 7.58. The first kappa shape index (κ1) is 23.3. The lowest BCUT2D eigenvalue weighted by Crippen LogP contribution is -2.37. The lowest BCUT2D eigenvalue weighted by Gasteiger charge is -2.26. The molecular formula is C23H26N6O5. The van der Waals surface area contributed by atoms with Crippen molar-refractivity contribution in [3.8, 4) is 11.5 Å². The number of aromatic nitrogens is 2. The second kappa shape index (κ2) is 11.3. The average Bonchev–Trinajstić information content (AvgIpc) is 2.87. The number of hydrogen-bond donors (Lipinski definition) is 1. The minimum atomic E-state index is -0.448. The summed E-state index contributed by atoms with van der Waals surface area (Å²) in [7, 11) is 1.58. The summed E-state index contributed by atoms with van der Waals surface area (Å²) >= 11 is 0. The van der Waals surface area contributed by atoms with Crippen LogP contribution in [0.3, 0.4) is 0 Å². The number of benzene rings is 2. The molecule has 0 atom stereocenters. The van der Waals surface area contributed by atoms with Crippen molar-refractivity contribution >= 4 is 28.6 Å². The Labute approximate surface area is 196 Å². The van der Waals surface area contributed by atoms with E-state index in [0.29, 0.717) is 40.4 Å². The predicted octanol–water partition coefficient (Wildman–Crippen LogP) is 3.09. The Balaban J connectivity index is 1.48. The number of para-hydroxylation sites is 1. The van der Waals surface area contributed by atoms with Gasteiger partial charge in [0.05, 0.1) is 49.1 Å². The molecule has 0 radical (unpaired) electrons. The van der Waals surface area contributed by atoms with Crippen molar-refractivity contribution in [2.24, 2.45) is 5.10 Å². The van der Waals surface area contributed by atoms with Gasteiger partial charge in [-0.15, -0.1) is 0 Å². The maximum absolute atomic E-state index is 11.2. The molecule has 0 amide bonds. The molecule has 11 nitrogen and oxygen atoms in total. The van der Waals surface area contributed by atoms with E-state index in [1.807, 2.05) is 6.07 Å². The number of nitro benzene ring substituents is 1. The van der Waals surface area contributed by atoms with E-state index >= 15 is 0 Å². The molecule has 0 unspecified atom stereocenters. The Bertz CT molecular complexity index is 1170. The first-order valence-electron chi connectivity index (χ1n) is 10.9. The van der Waals surface area contributed by atoms with Crippen molar-refractivity contribution < 1.29 is 19.1 Å². The van der Waals surface area contributed by atoms with Gasteiger partial charge in [0.15, 0.2) is 17.3 Å². The number of morpholine rings is 1. The van der Waals surface area contributed by atoms with Crippen molar-refractivity contribution in [3.05, 3.63) is 58.4 Å². The lowest BCUT2D eigenvalue weighted by atomic mass is 10.2. The Morgan fingerprint density at radius 3 is 2.85 bits per heavy atom. The highest BCUT2D eigenvalue weighted by atomic mass is 16.6. The fraction of sp³-hybridized carbons (Fsp3) is 0.348. The Morgan fingerprint density at radius 1 is 1.24 bits per heavy atom. The van der Waals surface area contributed by atoms with Gasteiger partial charge >= 0.3 is 0 Å². The molecule has 0 bridgehead atoms. The number of rotatable bonds is 10. The Kier molecular flexibility index (Phi) is 7.79. The van der Waals surface area contributed by atoms with E-state index in [-0.39, 0.29) is 5.69 Å². The van der Waals surface area contributed by atoms with Crippen LogP contribution in [0.5, 0.6) is 11.5 Å². The third kappa shape index (κ3) is 5.74. The predicted molar refractivity (Wildman–Crippen MR) is 128 cm³/mol. The molecule has 3 aromatic rings. The zero-order valence-electron chi connectivity index (χ0n) is 18.8. The number of fused-ring (bicyclic) bond motifs is 1. The summed E-state index contributed by atoms with van der Waals surface area (Å²) in [6.07, 6.45) is 3.67. The Hall–Kier alpha value is -3.83. The van der Waals surface area contributed by atoms with Crippen LogP contribution in [0, 0.1) is 10.1 Å². The molecule has 0 spiro atoms. The molecular weight excluding hydrogens is 440 g/mol. The molecule has 1 aromatic heterocycles. The zero-order valence-corrected chi connectivity index (χ0v) is 18.8. The second-order valence-corrected chi connectivity index (χ2v) is 7.58. The smallest absolute Gasteiger partial charge is 0.278 e. The van der Waals surface area contributed by atoms with E-state index in [0.717, 1.165) is 39.3 Å². The monoisotopic (exact) mass is 466 g/mol. The van der Waals surface area contributed by atoms with E-state index in [9.17, 15) is 10.1 Å². The van der Waals surface area contributed by atoms with Gasteiger partial charge in [0.2, 0.25) is 0 Å². The van der Waals surface area contributed by atoms with Gasteiger partial charge in [-0.05, 0) is 18.6 Å².